The summed E-state index contributed by atoms with van der Waals surface area (Å²) in [7, 11) is -3.35. The second-order valence-corrected chi connectivity index (χ2v) is 7.70. The molecule has 0 aromatic heterocycles. The van der Waals surface area contributed by atoms with Crippen molar-refractivity contribution in [2.24, 2.45) is 0 Å². The van der Waals surface area contributed by atoms with Gasteiger partial charge < -0.3 is 10.4 Å². The van der Waals surface area contributed by atoms with E-state index in [0.29, 0.717) is 17.8 Å². The quantitative estimate of drug-likeness (QED) is 0.794. The van der Waals surface area contributed by atoms with Crippen molar-refractivity contribution in [3.8, 4) is 5.75 Å². The van der Waals surface area contributed by atoms with Gasteiger partial charge in [-0.25, -0.2) is 8.42 Å². The number of aromatic hydroxyl groups is 1. The maximum atomic E-state index is 11.9. The number of carbonyl (C=O) groups is 1. The number of rotatable bonds is 6. The molecule has 0 atom stereocenters. The van der Waals surface area contributed by atoms with Crippen LogP contribution in [-0.2, 0) is 16.4 Å². The standard InChI is InChI=1S/C17H19NO4S/c1-12-6-7-16(19)14(8-12)10-18-15-5-3-4-13(9-15)17(20)11-23(2,21)22/h3-9,18-19H,10-11H2,1-2H3. The van der Waals surface area contributed by atoms with Gasteiger partial charge in [0.2, 0.25) is 0 Å². The van der Waals surface area contributed by atoms with Crippen LogP contribution in [-0.4, -0.2) is 31.3 Å². The summed E-state index contributed by atoms with van der Waals surface area (Å²) in [5.41, 5.74) is 2.81. The number of nitrogens with one attached hydrogen (secondary N) is 1. The Morgan fingerprint density at radius 1 is 1.17 bits per heavy atom. The van der Waals surface area contributed by atoms with Gasteiger partial charge in [0.05, 0.1) is 0 Å². The number of Topliss-reactive ketones (excluding diaryl/α,β-unsaturated/α-hetero) is 1. The molecular formula is C17H19NO4S. The third-order valence-corrected chi connectivity index (χ3v) is 4.08. The van der Waals surface area contributed by atoms with Gasteiger partial charge in [-0.05, 0) is 25.1 Å². The molecule has 5 nitrogen and oxygen atoms in total. The number of hydrogen-bond donors (Lipinski definition) is 2. The Bertz CT molecular complexity index is 828. The van der Waals surface area contributed by atoms with Crippen molar-refractivity contribution in [2.75, 3.05) is 17.3 Å². The van der Waals surface area contributed by atoms with Gasteiger partial charge in [0.15, 0.2) is 15.6 Å². The molecule has 0 unspecified atom stereocenters. The summed E-state index contributed by atoms with van der Waals surface area (Å²) in [5.74, 6) is -0.739. The smallest absolute Gasteiger partial charge is 0.177 e. The highest BCUT2D eigenvalue weighted by Crippen LogP contribution is 2.20. The molecule has 0 fully saturated rings. The topological polar surface area (TPSA) is 83.5 Å². The van der Waals surface area contributed by atoms with Crippen LogP contribution in [0.2, 0.25) is 0 Å². The lowest BCUT2D eigenvalue weighted by Crippen LogP contribution is -2.14. The van der Waals surface area contributed by atoms with Crippen LogP contribution in [0.1, 0.15) is 21.5 Å². The molecule has 0 bridgehead atoms. The summed E-state index contributed by atoms with van der Waals surface area (Å²) in [4.78, 5) is 11.9. The predicted molar refractivity (Wildman–Crippen MR) is 90.7 cm³/mol. The molecule has 0 saturated carbocycles. The first-order chi connectivity index (χ1) is 10.7. The zero-order valence-corrected chi connectivity index (χ0v) is 13.9. The second-order valence-electron chi connectivity index (χ2n) is 5.56. The van der Waals surface area contributed by atoms with E-state index >= 15 is 0 Å². The highest BCUT2D eigenvalue weighted by Gasteiger charge is 2.13. The SMILES string of the molecule is Cc1ccc(O)c(CNc2cccc(C(=O)CS(C)(=O)=O)c2)c1. The number of hydrogen-bond acceptors (Lipinski definition) is 5. The van der Waals surface area contributed by atoms with Crippen molar-refractivity contribution in [2.45, 2.75) is 13.5 Å². The normalized spacial score (nSPS) is 11.2. The van der Waals surface area contributed by atoms with Crippen LogP contribution >= 0.6 is 0 Å². The molecule has 122 valence electrons. The van der Waals surface area contributed by atoms with Gasteiger partial charge in [0.1, 0.15) is 11.5 Å². The fourth-order valence-corrected chi connectivity index (χ4v) is 2.82. The molecule has 0 aliphatic carbocycles. The van der Waals surface area contributed by atoms with Crippen molar-refractivity contribution in [1.82, 2.24) is 0 Å². The Kier molecular flexibility index (Phi) is 5.05. The third kappa shape index (κ3) is 5.10. The first kappa shape index (κ1) is 17.0. The van der Waals surface area contributed by atoms with Crippen molar-refractivity contribution in [1.29, 1.82) is 0 Å². The second kappa shape index (κ2) is 6.83. The largest absolute Gasteiger partial charge is 0.508 e. The lowest BCUT2D eigenvalue weighted by Gasteiger charge is -2.10. The van der Waals surface area contributed by atoms with E-state index in [-0.39, 0.29) is 5.75 Å². The maximum Gasteiger partial charge on any atom is 0.177 e. The van der Waals surface area contributed by atoms with E-state index in [2.05, 4.69) is 5.32 Å². The molecule has 0 saturated heterocycles. The summed E-state index contributed by atoms with van der Waals surface area (Å²) in [6.45, 7) is 2.34. The van der Waals surface area contributed by atoms with Crippen LogP contribution in [0.5, 0.6) is 5.75 Å². The Balaban J connectivity index is 2.11. The van der Waals surface area contributed by atoms with Crippen LogP contribution in [0.15, 0.2) is 42.5 Å². The van der Waals surface area contributed by atoms with E-state index in [0.717, 1.165) is 17.4 Å². The molecule has 2 aromatic carbocycles. The van der Waals surface area contributed by atoms with Gasteiger partial charge in [-0.1, -0.05) is 29.8 Å². The lowest BCUT2D eigenvalue weighted by molar-refractivity contribution is 0.102. The molecule has 2 rings (SSSR count). The zero-order valence-electron chi connectivity index (χ0n) is 13.0. The minimum atomic E-state index is -3.35. The molecule has 0 spiro atoms. The Morgan fingerprint density at radius 2 is 1.91 bits per heavy atom. The fourth-order valence-electron chi connectivity index (χ4n) is 2.18. The van der Waals surface area contributed by atoms with E-state index in [1.807, 2.05) is 19.1 Å². The van der Waals surface area contributed by atoms with Crippen molar-refractivity contribution < 1.29 is 18.3 Å². The van der Waals surface area contributed by atoms with Gasteiger partial charge in [0.25, 0.3) is 0 Å². The predicted octanol–water partition coefficient (Wildman–Crippen LogP) is 2.54. The monoisotopic (exact) mass is 333 g/mol. The maximum absolute atomic E-state index is 11.9. The fraction of sp³-hybridized carbons (Fsp3) is 0.235. The number of ketones is 1. The number of sulfone groups is 1. The Hall–Kier alpha value is -2.34. The Labute approximate surface area is 135 Å². The first-order valence-corrected chi connectivity index (χ1v) is 9.14. The molecule has 2 aromatic rings. The first-order valence-electron chi connectivity index (χ1n) is 7.08. The van der Waals surface area contributed by atoms with E-state index in [1.54, 1.807) is 30.3 Å². The highest BCUT2D eigenvalue weighted by molar-refractivity contribution is 7.91. The molecule has 23 heavy (non-hydrogen) atoms. The minimum Gasteiger partial charge on any atom is -0.508 e. The third-order valence-electron chi connectivity index (χ3n) is 3.30. The number of aryl methyl sites for hydroxylation is 1. The average Bonchev–Trinajstić information content (AvgIpc) is 2.47. The van der Waals surface area contributed by atoms with E-state index in [9.17, 15) is 18.3 Å². The Morgan fingerprint density at radius 3 is 2.61 bits per heavy atom. The van der Waals surface area contributed by atoms with Gasteiger partial charge in [-0.3, -0.25) is 4.79 Å². The molecule has 0 aliphatic heterocycles. The number of phenolic OH excluding ortho intramolecular Hbond substituents is 1. The van der Waals surface area contributed by atoms with Gasteiger partial charge in [0, 0.05) is 29.6 Å². The molecule has 6 heteroatoms. The van der Waals surface area contributed by atoms with E-state index < -0.39 is 21.4 Å². The molecule has 0 radical (unpaired) electrons. The molecular weight excluding hydrogens is 314 g/mol. The highest BCUT2D eigenvalue weighted by atomic mass is 32.2. The summed E-state index contributed by atoms with van der Waals surface area (Å²) >= 11 is 0. The lowest BCUT2D eigenvalue weighted by atomic mass is 10.1. The van der Waals surface area contributed by atoms with E-state index in [4.69, 9.17) is 0 Å². The van der Waals surface area contributed by atoms with Crippen molar-refractivity contribution in [3.05, 3.63) is 59.2 Å². The van der Waals surface area contributed by atoms with Crippen molar-refractivity contribution >= 4 is 21.3 Å². The number of benzene rings is 2. The number of carbonyl (C=O) groups excluding carboxylic acids is 1. The molecule has 0 amide bonds. The van der Waals surface area contributed by atoms with Crippen LogP contribution < -0.4 is 5.32 Å². The van der Waals surface area contributed by atoms with Crippen molar-refractivity contribution in [3.63, 3.8) is 0 Å². The van der Waals surface area contributed by atoms with Gasteiger partial charge >= 0.3 is 0 Å². The number of phenols is 1. The average molecular weight is 333 g/mol. The summed E-state index contributed by atoms with van der Waals surface area (Å²) in [6, 6.07) is 12.0. The van der Waals surface area contributed by atoms with Crippen LogP contribution in [0.25, 0.3) is 0 Å². The van der Waals surface area contributed by atoms with Gasteiger partial charge in [-0.2, -0.15) is 0 Å². The van der Waals surface area contributed by atoms with Crippen LogP contribution in [0.3, 0.4) is 0 Å². The van der Waals surface area contributed by atoms with Gasteiger partial charge in [-0.15, -0.1) is 0 Å². The zero-order chi connectivity index (χ0) is 17.0. The summed E-state index contributed by atoms with van der Waals surface area (Å²) in [5, 5.41) is 12.9. The molecule has 2 N–H and O–H groups in total. The summed E-state index contributed by atoms with van der Waals surface area (Å²) < 4.78 is 22.4. The number of anilines is 1. The molecule has 0 heterocycles. The van der Waals surface area contributed by atoms with E-state index in [1.165, 1.54) is 0 Å². The summed E-state index contributed by atoms with van der Waals surface area (Å²) in [6.07, 6.45) is 1.04. The molecule has 0 aliphatic rings. The van der Waals surface area contributed by atoms with Crippen LogP contribution in [0.4, 0.5) is 5.69 Å². The van der Waals surface area contributed by atoms with Crippen LogP contribution in [0, 0.1) is 6.92 Å². The minimum absolute atomic E-state index is 0.201.